The summed E-state index contributed by atoms with van der Waals surface area (Å²) in [7, 11) is 0. The molecule has 0 aliphatic heterocycles. The monoisotopic (exact) mass is 250 g/mol. The van der Waals surface area contributed by atoms with Crippen LogP contribution in [0.1, 0.15) is 31.6 Å². The molecule has 0 aliphatic carbocycles. The van der Waals surface area contributed by atoms with E-state index >= 15 is 0 Å². The average Bonchev–Trinajstić information content (AvgIpc) is 2.62. The van der Waals surface area contributed by atoms with Crippen LogP contribution in [0.5, 0.6) is 0 Å². The lowest BCUT2D eigenvalue weighted by Crippen LogP contribution is -2.18. The van der Waals surface area contributed by atoms with Crippen molar-refractivity contribution in [2.75, 3.05) is 0 Å². The molecule has 0 fully saturated rings. The first kappa shape index (κ1) is 12.4. The third-order valence-corrected chi connectivity index (χ3v) is 2.81. The quantitative estimate of drug-likeness (QED) is 0.758. The van der Waals surface area contributed by atoms with Gasteiger partial charge in [0.05, 0.1) is 11.0 Å². The van der Waals surface area contributed by atoms with Crippen LogP contribution in [0, 0.1) is 0 Å². The Hall–Kier alpha value is -2.08. The maximum atomic E-state index is 11.7. The number of aromatic nitrogens is 2. The van der Waals surface area contributed by atoms with Crippen LogP contribution in [-0.4, -0.2) is 25.7 Å². The predicted molar refractivity (Wildman–Crippen MR) is 65.5 cm³/mol. The van der Waals surface area contributed by atoms with Gasteiger partial charge in [0.2, 0.25) is 0 Å². The second-order valence-corrected chi connectivity index (χ2v) is 4.41. The molecule has 6 nitrogen and oxygen atoms in total. The van der Waals surface area contributed by atoms with E-state index in [4.69, 9.17) is 5.11 Å². The minimum Gasteiger partial charge on any atom is -0.479 e. The number of H-pyrrole nitrogens is 1. The van der Waals surface area contributed by atoms with E-state index in [2.05, 4.69) is 4.98 Å². The summed E-state index contributed by atoms with van der Waals surface area (Å²) < 4.78 is 1.58. The van der Waals surface area contributed by atoms with E-state index in [1.165, 1.54) is 12.1 Å². The fourth-order valence-corrected chi connectivity index (χ4v) is 1.97. The van der Waals surface area contributed by atoms with Gasteiger partial charge in [-0.05, 0) is 31.5 Å². The van der Waals surface area contributed by atoms with Crippen LogP contribution in [-0.2, 0) is 4.79 Å². The molecule has 1 aromatic heterocycles. The second kappa shape index (κ2) is 4.30. The number of carbonyl (C=O) groups is 1. The number of carboxylic acids is 1. The van der Waals surface area contributed by atoms with Crippen molar-refractivity contribution < 1.29 is 15.0 Å². The number of aliphatic hydroxyl groups excluding tert-OH is 1. The largest absolute Gasteiger partial charge is 0.479 e. The molecule has 3 N–H and O–H groups in total. The Balaban J connectivity index is 2.61. The Morgan fingerprint density at radius 1 is 1.39 bits per heavy atom. The molecule has 1 atom stereocenters. The highest BCUT2D eigenvalue weighted by Crippen LogP contribution is 2.20. The Bertz CT molecular complexity index is 654. The summed E-state index contributed by atoms with van der Waals surface area (Å²) in [5, 5.41) is 18.2. The number of aliphatic hydroxyl groups is 1. The van der Waals surface area contributed by atoms with Crippen molar-refractivity contribution in [2.45, 2.75) is 26.0 Å². The summed E-state index contributed by atoms with van der Waals surface area (Å²) in [6.07, 6.45) is -1.58. The van der Waals surface area contributed by atoms with Gasteiger partial charge in [-0.25, -0.2) is 9.59 Å². The fourth-order valence-electron chi connectivity index (χ4n) is 1.97. The molecule has 0 aliphatic rings. The molecule has 0 amide bonds. The molecule has 0 saturated carbocycles. The third kappa shape index (κ3) is 1.91. The molecule has 0 bridgehead atoms. The first-order valence-electron chi connectivity index (χ1n) is 5.57. The molecular formula is C12H14N2O4. The van der Waals surface area contributed by atoms with Gasteiger partial charge in [-0.15, -0.1) is 0 Å². The normalized spacial score (nSPS) is 13.1. The topological polar surface area (TPSA) is 95.3 Å². The van der Waals surface area contributed by atoms with Crippen LogP contribution in [0.15, 0.2) is 23.0 Å². The molecule has 1 aromatic carbocycles. The van der Waals surface area contributed by atoms with E-state index in [-0.39, 0.29) is 17.3 Å². The maximum Gasteiger partial charge on any atom is 0.337 e. The summed E-state index contributed by atoms with van der Waals surface area (Å²) >= 11 is 0. The van der Waals surface area contributed by atoms with Gasteiger partial charge in [-0.3, -0.25) is 4.57 Å². The van der Waals surface area contributed by atoms with Crippen molar-refractivity contribution in [3.63, 3.8) is 0 Å². The van der Waals surface area contributed by atoms with E-state index in [0.717, 1.165) is 0 Å². The minimum atomic E-state index is -1.58. The number of aliphatic carboxylic acids is 1. The number of fused-ring (bicyclic) bond motifs is 1. The summed E-state index contributed by atoms with van der Waals surface area (Å²) in [6, 6.07) is 4.62. The molecule has 96 valence electrons. The minimum absolute atomic E-state index is 0.00139. The van der Waals surface area contributed by atoms with E-state index in [1.807, 2.05) is 13.8 Å². The number of imidazole rings is 1. The first-order chi connectivity index (χ1) is 8.41. The first-order valence-corrected chi connectivity index (χ1v) is 5.57. The number of nitrogens with zero attached hydrogens (tertiary/aromatic N) is 1. The second-order valence-electron chi connectivity index (χ2n) is 4.41. The predicted octanol–water partition coefficient (Wildman–Crippen LogP) is 1.03. The lowest BCUT2D eigenvalue weighted by atomic mass is 10.1. The van der Waals surface area contributed by atoms with Gasteiger partial charge in [0, 0.05) is 6.04 Å². The van der Waals surface area contributed by atoms with Crippen LogP contribution in [0.4, 0.5) is 0 Å². The average molecular weight is 250 g/mol. The standard InChI is InChI=1S/C12H14N2O4/c1-6(2)14-9-4-3-7(10(15)11(16)17)5-8(9)13-12(14)18/h3-6,10,15H,1-2H3,(H,13,18)(H,16,17). The molecule has 0 spiro atoms. The molecule has 0 saturated heterocycles. The smallest absolute Gasteiger partial charge is 0.337 e. The molecule has 2 rings (SSSR count). The highest BCUT2D eigenvalue weighted by atomic mass is 16.4. The lowest BCUT2D eigenvalue weighted by molar-refractivity contribution is -0.146. The van der Waals surface area contributed by atoms with Crippen molar-refractivity contribution >= 4 is 17.0 Å². The number of rotatable bonds is 3. The van der Waals surface area contributed by atoms with Gasteiger partial charge in [0.25, 0.3) is 0 Å². The Morgan fingerprint density at radius 3 is 2.61 bits per heavy atom. The number of nitrogens with one attached hydrogen (secondary N) is 1. The SMILES string of the molecule is CC(C)n1c(=O)[nH]c2cc(C(O)C(=O)O)ccc21. The number of benzene rings is 1. The summed E-state index contributed by atoms with van der Waals surface area (Å²) in [5.41, 5.74) is 1.21. The number of hydrogen-bond donors (Lipinski definition) is 3. The molecule has 6 heteroatoms. The molecular weight excluding hydrogens is 236 g/mol. The van der Waals surface area contributed by atoms with Gasteiger partial charge in [0.1, 0.15) is 0 Å². The Morgan fingerprint density at radius 2 is 2.06 bits per heavy atom. The van der Waals surface area contributed by atoms with Crippen molar-refractivity contribution in [1.29, 1.82) is 0 Å². The summed E-state index contributed by atoms with van der Waals surface area (Å²) in [5.74, 6) is -1.32. The number of aromatic amines is 1. The van der Waals surface area contributed by atoms with Crippen LogP contribution < -0.4 is 5.69 Å². The zero-order valence-electron chi connectivity index (χ0n) is 10.0. The number of carboxylic acid groups (broad SMARTS) is 1. The van der Waals surface area contributed by atoms with Crippen molar-refractivity contribution in [1.82, 2.24) is 9.55 Å². The lowest BCUT2D eigenvalue weighted by Gasteiger charge is -2.08. The van der Waals surface area contributed by atoms with Crippen LogP contribution in [0.2, 0.25) is 0 Å². The molecule has 2 aromatic rings. The van der Waals surface area contributed by atoms with Gasteiger partial charge < -0.3 is 15.2 Å². The van der Waals surface area contributed by atoms with Gasteiger partial charge >= 0.3 is 11.7 Å². The Kier molecular flexibility index (Phi) is 2.96. The van der Waals surface area contributed by atoms with Crippen molar-refractivity contribution in [2.24, 2.45) is 0 Å². The molecule has 1 heterocycles. The summed E-state index contributed by atoms with van der Waals surface area (Å²) in [4.78, 5) is 25.1. The molecule has 1 unspecified atom stereocenters. The molecule has 18 heavy (non-hydrogen) atoms. The van der Waals surface area contributed by atoms with E-state index in [1.54, 1.807) is 10.6 Å². The van der Waals surface area contributed by atoms with E-state index < -0.39 is 12.1 Å². The van der Waals surface area contributed by atoms with Gasteiger partial charge in [-0.1, -0.05) is 6.07 Å². The van der Waals surface area contributed by atoms with Crippen LogP contribution >= 0.6 is 0 Å². The van der Waals surface area contributed by atoms with Gasteiger partial charge in [-0.2, -0.15) is 0 Å². The number of hydrogen-bond acceptors (Lipinski definition) is 3. The van der Waals surface area contributed by atoms with Crippen molar-refractivity contribution in [3.8, 4) is 0 Å². The third-order valence-electron chi connectivity index (χ3n) is 2.81. The Labute approximate surface area is 102 Å². The summed E-state index contributed by atoms with van der Waals surface area (Å²) in [6.45, 7) is 3.77. The highest BCUT2D eigenvalue weighted by Gasteiger charge is 2.17. The van der Waals surface area contributed by atoms with Gasteiger partial charge in [0.15, 0.2) is 6.10 Å². The zero-order chi connectivity index (χ0) is 13.4. The zero-order valence-corrected chi connectivity index (χ0v) is 10.0. The van der Waals surface area contributed by atoms with Crippen LogP contribution in [0.3, 0.4) is 0 Å². The van der Waals surface area contributed by atoms with E-state index in [9.17, 15) is 14.7 Å². The molecule has 0 radical (unpaired) electrons. The van der Waals surface area contributed by atoms with E-state index in [0.29, 0.717) is 11.0 Å². The van der Waals surface area contributed by atoms with Crippen LogP contribution in [0.25, 0.3) is 11.0 Å². The fraction of sp³-hybridized carbons (Fsp3) is 0.333. The van der Waals surface area contributed by atoms with Crippen molar-refractivity contribution in [3.05, 3.63) is 34.2 Å². The maximum absolute atomic E-state index is 11.7. The highest BCUT2D eigenvalue weighted by molar-refractivity contribution is 5.80.